The van der Waals surface area contributed by atoms with Gasteiger partial charge in [-0.1, -0.05) is 11.8 Å². The third-order valence-corrected chi connectivity index (χ3v) is 4.46. The van der Waals surface area contributed by atoms with Crippen LogP contribution in [0.15, 0.2) is 11.2 Å². The molecule has 7 nitrogen and oxygen atoms in total. The predicted octanol–water partition coefficient (Wildman–Crippen LogP) is 3.27. The summed E-state index contributed by atoms with van der Waals surface area (Å²) in [6.45, 7) is 7.94. The maximum Gasteiger partial charge on any atom is 0.410 e. The van der Waals surface area contributed by atoms with Crippen molar-refractivity contribution >= 4 is 23.7 Å². The zero-order valence-corrected chi connectivity index (χ0v) is 16.5. The van der Waals surface area contributed by atoms with Gasteiger partial charge in [-0.25, -0.2) is 9.78 Å². The Bertz CT molecular complexity index is 561. The Morgan fingerprint density at radius 1 is 1.36 bits per heavy atom. The number of hydrogen-bond donors (Lipinski definition) is 1. The van der Waals surface area contributed by atoms with Crippen molar-refractivity contribution in [1.29, 1.82) is 0 Å². The molecule has 25 heavy (non-hydrogen) atoms. The van der Waals surface area contributed by atoms with E-state index in [-0.39, 0.29) is 6.09 Å². The molecule has 2 rings (SSSR count). The van der Waals surface area contributed by atoms with E-state index in [1.165, 1.54) is 11.8 Å². The lowest BCUT2D eigenvalue weighted by Crippen LogP contribution is -2.42. The topological polar surface area (TPSA) is 76.6 Å². The predicted molar refractivity (Wildman–Crippen MR) is 99.4 cm³/mol. The largest absolute Gasteiger partial charge is 0.481 e. The number of aromatic nitrogens is 2. The Labute approximate surface area is 153 Å². The summed E-state index contributed by atoms with van der Waals surface area (Å²) in [7, 11) is 1.60. The van der Waals surface area contributed by atoms with Gasteiger partial charge < -0.3 is 19.7 Å². The number of thioether (sulfide) groups is 1. The third kappa shape index (κ3) is 6.26. The first-order valence-corrected chi connectivity index (χ1v) is 9.72. The third-order valence-electron chi connectivity index (χ3n) is 3.91. The number of rotatable bonds is 5. The van der Waals surface area contributed by atoms with Crippen molar-refractivity contribution in [3.05, 3.63) is 6.07 Å². The summed E-state index contributed by atoms with van der Waals surface area (Å²) in [5.74, 6) is 1.82. The molecule has 0 radical (unpaired) electrons. The van der Waals surface area contributed by atoms with Gasteiger partial charge in [0.05, 0.1) is 7.11 Å². The molecule has 1 aliphatic rings. The number of nitrogens with one attached hydrogen (secondary N) is 1. The molecule has 1 aromatic heterocycles. The number of carbonyl (C=O) groups is 1. The van der Waals surface area contributed by atoms with Crippen LogP contribution in [0.1, 0.15) is 33.6 Å². The molecule has 1 N–H and O–H groups in total. The van der Waals surface area contributed by atoms with E-state index in [1.54, 1.807) is 18.1 Å². The molecule has 1 fully saturated rings. The van der Waals surface area contributed by atoms with Crippen LogP contribution in [-0.2, 0) is 4.74 Å². The van der Waals surface area contributed by atoms with Crippen molar-refractivity contribution in [2.24, 2.45) is 5.92 Å². The minimum absolute atomic E-state index is 0.218. The number of likely N-dealkylation sites (tertiary alicyclic amines) is 1. The number of carbonyl (C=O) groups excluding carboxylic acids is 1. The summed E-state index contributed by atoms with van der Waals surface area (Å²) < 4.78 is 10.6. The molecule has 0 atom stereocenters. The number of amides is 1. The molecular weight excluding hydrogens is 340 g/mol. The summed E-state index contributed by atoms with van der Waals surface area (Å²) >= 11 is 1.48. The molecule has 1 saturated heterocycles. The number of nitrogens with zero attached hydrogens (tertiary/aromatic N) is 3. The Hall–Kier alpha value is -1.70. The summed E-state index contributed by atoms with van der Waals surface area (Å²) in [6.07, 6.45) is 3.61. The van der Waals surface area contributed by atoms with Crippen LogP contribution in [0.4, 0.5) is 10.6 Å². The Morgan fingerprint density at radius 2 is 2.04 bits per heavy atom. The molecule has 0 aromatic carbocycles. The van der Waals surface area contributed by atoms with Gasteiger partial charge in [0.25, 0.3) is 0 Å². The smallest absolute Gasteiger partial charge is 0.410 e. The van der Waals surface area contributed by atoms with Crippen LogP contribution in [0.5, 0.6) is 5.88 Å². The summed E-state index contributed by atoms with van der Waals surface area (Å²) in [4.78, 5) is 22.6. The summed E-state index contributed by atoms with van der Waals surface area (Å²) in [6, 6.07) is 1.80. The van der Waals surface area contributed by atoms with Gasteiger partial charge in [0.1, 0.15) is 11.4 Å². The second kappa shape index (κ2) is 8.60. The maximum atomic E-state index is 12.1. The van der Waals surface area contributed by atoms with Gasteiger partial charge in [0.15, 0.2) is 5.16 Å². The molecule has 1 aromatic rings. The molecule has 0 spiro atoms. The van der Waals surface area contributed by atoms with Gasteiger partial charge in [-0.3, -0.25) is 0 Å². The number of methoxy groups -OCH3 is 1. The van der Waals surface area contributed by atoms with E-state index in [4.69, 9.17) is 9.47 Å². The first kappa shape index (κ1) is 19.6. The molecule has 1 aliphatic heterocycles. The minimum atomic E-state index is -0.448. The van der Waals surface area contributed by atoms with E-state index < -0.39 is 5.60 Å². The second-order valence-electron chi connectivity index (χ2n) is 7.07. The van der Waals surface area contributed by atoms with E-state index in [2.05, 4.69) is 15.3 Å². The van der Waals surface area contributed by atoms with Crippen LogP contribution in [0.2, 0.25) is 0 Å². The fourth-order valence-electron chi connectivity index (χ4n) is 2.59. The zero-order valence-electron chi connectivity index (χ0n) is 15.7. The van der Waals surface area contributed by atoms with Crippen LogP contribution in [0.3, 0.4) is 0 Å². The van der Waals surface area contributed by atoms with Crippen LogP contribution in [0, 0.1) is 5.92 Å². The molecule has 0 saturated carbocycles. The molecule has 0 aliphatic carbocycles. The molecular formula is C17H28N4O3S. The Morgan fingerprint density at radius 3 is 2.60 bits per heavy atom. The van der Waals surface area contributed by atoms with Crippen molar-refractivity contribution in [2.45, 2.75) is 44.4 Å². The average Bonchev–Trinajstić information content (AvgIpc) is 2.58. The Balaban J connectivity index is 1.82. The average molecular weight is 369 g/mol. The lowest BCUT2D eigenvalue weighted by atomic mass is 9.97. The monoisotopic (exact) mass is 368 g/mol. The number of ether oxygens (including phenoxy) is 2. The van der Waals surface area contributed by atoms with Gasteiger partial charge in [0, 0.05) is 25.7 Å². The number of piperidine rings is 1. The lowest BCUT2D eigenvalue weighted by molar-refractivity contribution is 0.0188. The molecule has 0 bridgehead atoms. The van der Waals surface area contributed by atoms with Crippen molar-refractivity contribution in [2.75, 3.05) is 38.3 Å². The van der Waals surface area contributed by atoms with Crippen molar-refractivity contribution in [1.82, 2.24) is 14.9 Å². The minimum Gasteiger partial charge on any atom is -0.481 e. The molecule has 1 amide bonds. The summed E-state index contributed by atoms with van der Waals surface area (Å²) in [5, 5.41) is 4.05. The standard InChI is InChI=1S/C17H28N4O3S/c1-17(2,3)24-16(22)21-8-6-12(7-9-21)11-18-13-10-14(23-4)20-15(19-13)25-5/h10,12H,6-9,11H2,1-5H3,(H,18,19,20). The zero-order chi connectivity index (χ0) is 18.4. The fourth-order valence-corrected chi connectivity index (χ4v) is 2.96. The molecule has 8 heteroatoms. The van der Waals surface area contributed by atoms with Crippen molar-refractivity contribution in [3.63, 3.8) is 0 Å². The van der Waals surface area contributed by atoms with E-state index in [1.807, 2.05) is 27.0 Å². The fraction of sp³-hybridized carbons (Fsp3) is 0.706. The highest BCUT2D eigenvalue weighted by atomic mass is 32.2. The molecule has 0 unspecified atom stereocenters. The van der Waals surface area contributed by atoms with Crippen LogP contribution in [0.25, 0.3) is 0 Å². The first-order chi connectivity index (χ1) is 11.8. The highest BCUT2D eigenvalue weighted by molar-refractivity contribution is 7.98. The van der Waals surface area contributed by atoms with Crippen LogP contribution >= 0.6 is 11.8 Å². The van der Waals surface area contributed by atoms with Gasteiger partial charge in [-0.05, 0) is 45.8 Å². The van der Waals surface area contributed by atoms with Crippen LogP contribution in [-0.4, -0.2) is 59.6 Å². The van der Waals surface area contributed by atoms with Crippen molar-refractivity contribution < 1.29 is 14.3 Å². The normalized spacial score (nSPS) is 15.8. The van der Waals surface area contributed by atoms with Gasteiger partial charge >= 0.3 is 6.09 Å². The maximum absolute atomic E-state index is 12.1. The Kier molecular flexibility index (Phi) is 6.75. The number of anilines is 1. The lowest BCUT2D eigenvalue weighted by Gasteiger charge is -2.33. The SMILES string of the molecule is COc1cc(NCC2CCN(C(=O)OC(C)(C)C)CC2)nc(SC)n1. The highest BCUT2D eigenvalue weighted by Crippen LogP contribution is 2.22. The summed E-state index contributed by atoms with van der Waals surface area (Å²) in [5.41, 5.74) is -0.448. The van der Waals surface area contributed by atoms with Crippen LogP contribution < -0.4 is 10.1 Å². The van der Waals surface area contributed by atoms with Gasteiger partial charge in [-0.2, -0.15) is 4.98 Å². The van der Waals surface area contributed by atoms with Gasteiger partial charge in [-0.15, -0.1) is 0 Å². The quantitative estimate of drug-likeness (QED) is 0.631. The van der Waals surface area contributed by atoms with Gasteiger partial charge in [0.2, 0.25) is 5.88 Å². The molecule has 2 heterocycles. The molecule has 140 valence electrons. The second-order valence-corrected chi connectivity index (χ2v) is 7.85. The highest BCUT2D eigenvalue weighted by Gasteiger charge is 2.26. The number of hydrogen-bond acceptors (Lipinski definition) is 7. The van der Waals surface area contributed by atoms with E-state index in [0.717, 1.165) is 38.3 Å². The van der Waals surface area contributed by atoms with E-state index in [9.17, 15) is 4.79 Å². The van der Waals surface area contributed by atoms with Crippen molar-refractivity contribution in [3.8, 4) is 5.88 Å². The van der Waals surface area contributed by atoms with E-state index >= 15 is 0 Å². The first-order valence-electron chi connectivity index (χ1n) is 8.49. The van der Waals surface area contributed by atoms with E-state index in [0.29, 0.717) is 17.0 Å².